The van der Waals surface area contributed by atoms with E-state index < -0.39 is 22.1 Å². The van der Waals surface area contributed by atoms with Crippen molar-refractivity contribution < 1.29 is 13.2 Å². The van der Waals surface area contributed by atoms with E-state index in [-0.39, 0.29) is 12.5 Å². The van der Waals surface area contributed by atoms with Gasteiger partial charge in [0.1, 0.15) is 5.82 Å². The Kier molecular flexibility index (Phi) is 5.16. The fourth-order valence-corrected chi connectivity index (χ4v) is 4.49. The van der Waals surface area contributed by atoms with Crippen LogP contribution in [0.1, 0.15) is 34.3 Å². The number of aromatic nitrogens is 5. The third kappa shape index (κ3) is 3.98. The van der Waals surface area contributed by atoms with Crippen LogP contribution < -0.4 is 4.72 Å². The fraction of sp³-hybridized carbons (Fsp3) is 0.368. The van der Waals surface area contributed by atoms with Gasteiger partial charge in [-0.1, -0.05) is 30.3 Å². The highest BCUT2D eigenvalue weighted by molar-refractivity contribution is 7.88. The zero-order chi connectivity index (χ0) is 21.5. The van der Waals surface area contributed by atoms with Crippen LogP contribution in [0.25, 0.3) is 11.4 Å². The number of amides is 1. The van der Waals surface area contributed by atoms with Gasteiger partial charge in [0.25, 0.3) is 5.91 Å². The lowest BCUT2D eigenvalue weighted by atomic mass is 10.1. The van der Waals surface area contributed by atoms with E-state index >= 15 is 0 Å². The van der Waals surface area contributed by atoms with Crippen molar-refractivity contribution in [1.29, 1.82) is 0 Å². The number of likely N-dealkylation sites (tertiary alicyclic amines) is 1. The van der Waals surface area contributed by atoms with Gasteiger partial charge >= 0.3 is 0 Å². The normalized spacial score (nSPS) is 19.4. The van der Waals surface area contributed by atoms with Gasteiger partial charge < -0.3 is 4.90 Å². The van der Waals surface area contributed by atoms with E-state index in [0.717, 1.165) is 17.5 Å². The number of carbonyl (C=O) groups is 1. The number of carbonyl (C=O) groups excluding carboxylic acids is 1. The number of hydrogen-bond acceptors (Lipinski definition) is 6. The molecule has 11 heteroatoms. The molecule has 2 atom stereocenters. The predicted octanol–water partition coefficient (Wildman–Crippen LogP) is 1.02. The van der Waals surface area contributed by atoms with Crippen LogP contribution in [0.2, 0.25) is 0 Å². The molecule has 3 aromatic rings. The number of hydrogen-bond donors (Lipinski definition) is 2. The molecule has 1 aromatic carbocycles. The molecule has 1 amide bonds. The maximum absolute atomic E-state index is 13.3. The van der Waals surface area contributed by atoms with Crippen molar-refractivity contribution in [2.75, 3.05) is 12.8 Å². The van der Waals surface area contributed by atoms with Gasteiger partial charge in [0.15, 0.2) is 5.82 Å². The number of benzene rings is 1. The van der Waals surface area contributed by atoms with Crippen molar-refractivity contribution in [3.63, 3.8) is 0 Å². The van der Waals surface area contributed by atoms with E-state index in [0.29, 0.717) is 23.6 Å². The first-order valence-corrected chi connectivity index (χ1v) is 11.4. The van der Waals surface area contributed by atoms with Gasteiger partial charge in [-0.2, -0.15) is 10.2 Å². The third-order valence-corrected chi connectivity index (χ3v) is 6.02. The smallest absolute Gasteiger partial charge is 0.257 e. The zero-order valence-electron chi connectivity index (χ0n) is 16.9. The number of aromatic amines is 1. The second kappa shape index (κ2) is 7.65. The predicted molar refractivity (Wildman–Crippen MR) is 110 cm³/mol. The lowest BCUT2D eigenvalue weighted by molar-refractivity contribution is 0.0727. The molecule has 1 saturated heterocycles. The van der Waals surface area contributed by atoms with Crippen LogP contribution in [0.3, 0.4) is 0 Å². The Morgan fingerprint density at radius 2 is 2.00 bits per heavy atom. The van der Waals surface area contributed by atoms with E-state index in [1.54, 1.807) is 16.6 Å². The van der Waals surface area contributed by atoms with Crippen LogP contribution in [0.5, 0.6) is 0 Å². The molecule has 0 bridgehead atoms. The van der Waals surface area contributed by atoms with Crippen LogP contribution in [0, 0.1) is 6.92 Å². The molecule has 1 aliphatic rings. The van der Waals surface area contributed by atoms with Gasteiger partial charge in [-0.3, -0.25) is 14.6 Å². The average Bonchev–Trinajstić information content (AvgIpc) is 3.41. The summed E-state index contributed by atoms with van der Waals surface area (Å²) in [5.74, 6) is 0.817. The van der Waals surface area contributed by atoms with Gasteiger partial charge in [-0.05, 0) is 13.3 Å². The molecular formula is C19H23N7O3S. The lowest BCUT2D eigenvalue weighted by Gasteiger charge is -2.22. The maximum Gasteiger partial charge on any atom is 0.257 e. The van der Waals surface area contributed by atoms with Crippen molar-refractivity contribution in [3.8, 4) is 11.4 Å². The van der Waals surface area contributed by atoms with Gasteiger partial charge in [0.2, 0.25) is 10.0 Å². The Morgan fingerprint density at radius 3 is 2.63 bits per heavy atom. The summed E-state index contributed by atoms with van der Waals surface area (Å²) in [5.41, 5.74) is 2.07. The molecule has 10 nitrogen and oxygen atoms in total. The second-order valence-electron chi connectivity index (χ2n) is 7.47. The summed E-state index contributed by atoms with van der Waals surface area (Å²) >= 11 is 0. The fourth-order valence-electron chi connectivity index (χ4n) is 3.71. The van der Waals surface area contributed by atoms with Crippen LogP contribution in [0.4, 0.5) is 0 Å². The molecule has 0 aliphatic carbocycles. The third-order valence-electron chi connectivity index (χ3n) is 5.26. The molecule has 158 valence electrons. The van der Waals surface area contributed by atoms with Crippen molar-refractivity contribution in [2.45, 2.75) is 25.4 Å². The molecule has 30 heavy (non-hydrogen) atoms. The highest BCUT2D eigenvalue weighted by Gasteiger charge is 2.40. The maximum atomic E-state index is 13.3. The molecule has 1 fully saturated rings. The minimum atomic E-state index is -3.42. The Balaban J connectivity index is 1.67. The first-order valence-electron chi connectivity index (χ1n) is 9.47. The molecular weight excluding hydrogens is 406 g/mol. The van der Waals surface area contributed by atoms with E-state index in [2.05, 4.69) is 25.0 Å². The van der Waals surface area contributed by atoms with Crippen LogP contribution in [-0.4, -0.2) is 63.0 Å². The quantitative estimate of drug-likeness (QED) is 0.624. The summed E-state index contributed by atoms with van der Waals surface area (Å²) in [6.07, 6.45) is 3.03. The average molecular weight is 430 g/mol. The van der Waals surface area contributed by atoms with Gasteiger partial charge in [-0.15, -0.1) is 0 Å². The minimum absolute atomic E-state index is 0.221. The Morgan fingerprint density at radius 1 is 1.27 bits per heavy atom. The summed E-state index contributed by atoms with van der Waals surface area (Å²) < 4.78 is 27.8. The van der Waals surface area contributed by atoms with Crippen molar-refractivity contribution in [1.82, 2.24) is 34.6 Å². The van der Waals surface area contributed by atoms with E-state index in [1.165, 1.54) is 6.20 Å². The molecule has 0 radical (unpaired) electrons. The van der Waals surface area contributed by atoms with Crippen molar-refractivity contribution in [3.05, 3.63) is 53.6 Å². The molecule has 2 N–H and O–H groups in total. The Hall–Kier alpha value is -3.05. The van der Waals surface area contributed by atoms with Crippen LogP contribution in [-0.2, 0) is 17.1 Å². The van der Waals surface area contributed by atoms with Crippen LogP contribution in [0.15, 0.2) is 36.5 Å². The molecule has 2 aromatic heterocycles. The Bertz CT molecular complexity index is 1170. The molecule has 0 unspecified atom stereocenters. The number of rotatable bonds is 5. The SMILES string of the molecule is Cc1c(C(=O)N2C[C@@H](NS(C)(=O)=O)C[C@H]2c2nc(-c3ccccc3)n[nH]2)cnn1C. The summed E-state index contributed by atoms with van der Waals surface area (Å²) in [6.45, 7) is 2.05. The monoisotopic (exact) mass is 429 g/mol. The van der Waals surface area contributed by atoms with E-state index in [9.17, 15) is 13.2 Å². The molecule has 0 saturated carbocycles. The van der Waals surface area contributed by atoms with Gasteiger partial charge in [-0.25, -0.2) is 18.1 Å². The van der Waals surface area contributed by atoms with Crippen molar-refractivity contribution in [2.24, 2.45) is 7.05 Å². The van der Waals surface area contributed by atoms with Gasteiger partial charge in [0, 0.05) is 30.9 Å². The highest BCUT2D eigenvalue weighted by Crippen LogP contribution is 2.33. The van der Waals surface area contributed by atoms with E-state index in [4.69, 9.17) is 0 Å². The zero-order valence-corrected chi connectivity index (χ0v) is 17.7. The Labute approximate surface area is 174 Å². The molecule has 0 spiro atoms. The number of nitrogens with zero attached hydrogens (tertiary/aromatic N) is 5. The van der Waals surface area contributed by atoms with Crippen LogP contribution >= 0.6 is 0 Å². The molecule has 1 aliphatic heterocycles. The first kappa shape index (κ1) is 20.2. The second-order valence-corrected chi connectivity index (χ2v) is 9.25. The largest absolute Gasteiger partial charge is 0.327 e. The summed E-state index contributed by atoms with van der Waals surface area (Å²) in [7, 11) is -1.65. The van der Waals surface area contributed by atoms with E-state index in [1.807, 2.05) is 37.3 Å². The number of aryl methyl sites for hydroxylation is 1. The summed E-state index contributed by atoms with van der Waals surface area (Å²) in [4.78, 5) is 19.5. The number of H-pyrrole nitrogens is 1. The highest BCUT2D eigenvalue weighted by atomic mass is 32.2. The number of sulfonamides is 1. The topological polar surface area (TPSA) is 126 Å². The van der Waals surface area contributed by atoms with Crippen molar-refractivity contribution >= 4 is 15.9 Å². The molecule has 4 rings (SSSR count). The minimum Gasteiger partial charge on any atom is -0.327 e. The standard InChI is InChI=1S/C19H23N7O3S/c1-12-15(10-20-25(12)2)19(27)26-11-14(24-30(3,28)29)9-16(26)18-21-17(22-23-18)13-7-5-4-6-8-13/h4-8,10,14,16,24H,9,11H2,1-3H3,(H,21,22,23)/t14-,16-/m0/s1. The summed E-state index contributed by atoms with van der Waals surface area (Å²) in [5, 5.41) is 11.4. The van der Waals surface area contributed by atoms with Gasteiger partial charge in [0.05, 0.1) is 24.1 Å². The number of nitrogens with one attached hydrogen (secondary N) is 2. The first-order chi connectivity index (χ1) is 14.2. The summed E-state index contributed by atoms with van der Waals surface area (Å²) in [6, 6.07) is 8.64. The molecule has 3 heterocycles. The lowest BCUT2D eigenvalue weighted by Crippen LogP contribution is -2.38.